The molecule has 0 aliphatic heterocycles. The zero-order chi connectivity index (χ0) is 11.3. The summed E-state index contributed by atoms with van der Waals surface area (Å²) in [6, 6.07) is 8.21. The van der Waals surface area contributed by atoms with E-state index in [0.717, 1.165) is 19.9 Å². The number of thiazole rings is 1. The maximum atomic E-state index is 7.86. The van der Waals surface area contributed by atoms with E-state index in [1.54, 1.807) is 11.3 Å². The van der Waals surface area contributed by atoms with Crippen LogP contribution in [0.4, 0.5) is 0 Å². The lowest BCUT2D eigenvalue weighted by Crippen LogP contribution is -2.02. The van der Waals surface area contributed by atoms with Gasteiger partial charge in [-0.25, -0.2) is 0 Å². The molecule has 0 radical (unpaired) electrons. The molecular weight excluding hydrogens is 256 g/mol. The molecule has 3 aromatic rings. The van der Waals surface area contributed by atoms with Crippen LogP contribution < -0.4 is 4.67 Å². The van der Waals surface area contributed by atoms with Gasteiger partial charge in [0.15, 0.2) is 3.95 Å². The highest BCUT2D eigenvalue weighted by molar-refractivity contribution is 7.73. The Morgan fingerprint density at radius 3 is 2.81 bits per heavy atom. The van der Waals surface area contributed by atoms with E-state index in [9.17, 15) is 0 Å². The Morgan fingerprint density at radius 1 is 1.25 bits per heavy atom. The van der Waals surface area contributed by atoms with Gasteiger partial charge in [0.2, 0.25) is 0 Å². The second kappa shape index (κ2) is 3.48. The van der Waals surface area contributed by atoms with Crippen molar-refractivity contribution in [3.8, 4) is 0 Å². The van der Waals surface area contributed by atoms with E-state index in [1.807, 2.05) is 19.1 Å². The smallest absolute Gasteiger partial charge is 0.168 e. The van der Waals surface area contributed by atoms with Crippen molar-refractivity contribution >= 4 is 49.9 Å². The van der Waals surface area contributed by atoms with Gasteiger partial charge in [0.25, 0.3) is 0 Å². The van der Waals surface area contributed by atoms with Gasteiger partial charge in [-0.1, -0.05) is 23.5 Å². The Kier molecular flexibility index (Phi) is 2.20. The van der Waals surface area contributed by atoms with Gasteiger partial charge in [-0.15, -0.1) is 11.3 Å². The number of nitrogens with zero attached hydrogens (tertiary/aromatic N) is 1. The number of benzene rings is 1. The van der Waals surface area contributed by atoms with Gasteiger partial charge in [-0.2, -0.15) is 0 Å². The molecule has 2 heterocycles. The van der Waals surface area contributed by atoms with Crippen LogP contribution in [0.1, 0.15) is 5.56 Å². The van der Waals surface area contributed by atoms with E-state index in [-0.39, 0.29) is 0 Å². The van der Waals surface area contributed by atoms with E-state index in [0.29, 0.717) is 4.67 Å². The van der Waals surface area contributed by atoms with E-state index < -0.39 is 0 Å². The molecule has 0 saturated heterocycles. The van der Waals surface area contributed by atoms with E-state index in [1.165, 1.54) is 16.0 Å². The topological polar surface area (TPSA) is 28.3 Å². The molecule has 0 unspecified atom stereocenters. The van der Waals surface area contributed by atoms with Gasteiger partial charge in [0.1, 0.15) is 9.50 Å². The van der Waals surface area contributed by atoms with E-state index in [2.05, 4.69) is 16.5 Å². The number of aryl methyl sites for hydroxylation is 1. The van der Waals surface area contributed by atoms with Gasteiger partial charge in [0, 0.05) is 5.56 Å². The van der Waals surface area contributed by atoms with Crippen molar-refractivity contribution in [2.45, 2.75) is 6.92 Å². The summed E-state index contributed by atoms with van der Waals surface area (Å²) in [5.74, 6) is 0. The fraction of sp³-hybridized carbons (Fsp3) is 0.0909. The third kappa shape index (κ3) is 1.29. The maximum absolute atomic E-state index is 7.86. The molecular formula is C11H8N2S3. The quantitative estimate of drug-likeness (QED) is 0.616. The highest BCUT2D eigenvalue weighted by Crippen LogP contribution is 2.28. The Bertz CT molecular complexity index is 807. The molecule has 0 amide bonds. The van der Waals surface area contributed by atoms with Crippen molar-refractivity contribution in [3.63, 3.8) is 0 Å². The standard InChI is InChI=1S/C11H8N2S3/c1-6-9(12)16-11(14)13-7-4-2-3-5-8(7)15-10(6)13/h2-5,12H,1H3. The molecule has 1 aromatic carbocycles. The van der Waals surface area contributed by atoms with E-state index in [4.69, 9.17) is 17.6 Å². The molecule has 0 atom stereocenters. The number of hydrogen-bond acceptors (Lipinski definition) is 4. The molecule has 5 heteroatoms. The molecule has 1 N–H and O–H groups in total. The maximum Gasteiger partial charge on any atom is 0.168 e. The van der Waals surface area contributed by atoms with Crippen LogP contribution in [0, 0.1) is 16.3 Å². The Morgan fingerprint density at radius 2 is 2.00 bits per heavy atom. The predicted octanol–water partition coefficient (Wildman–Crippen LogP) is 3.73. The first-order valence-corrected chi connectivity index (χ1v) is 6.81. The first-order chi connectivity index (χ1) is 7.68. The number of rotatable bonds is 0. The molecule has 0 aliphatic carbocycles. The number of hydrogen-bond donors (Lipinski definition) is 1. The molecule has 2 aromatic heterocycles. The zero-order valence-corrected chi connectivity index (χ0v) is 10.9. The number of para-hydroxylation sites is 1. The normalized spacial score (nSPS) is 11.3. The van der Waals surface area contributed by atoms with Gasteiger partial charge < -0.3 is 0 Å². The van der Waals surface area contributed by atoms with Gasteiger partial charge >= 0.3 is 0 Å². The largest absolute Gasteiger partial charge is 0.290 e. The van der Waals surface area contributed by atoms with Crippen LogP contribution in [0.5, 0.6) is 0 Å². The first kappa shape index (κ1) is 10.1. The molecule has 0 aliphatic rings. The summed E-state index contributed by atoms with van der Waals surface area (Å²) in [5.41, 5.74) is 2.16. The molecule has 2 nitrogen and oxygen atoms in total. The third-order valence-electron chi connectivity index (χ3n) is 2.55. The van der Waals surface area contributed by atoms with Crippen LogP contribution in [0.15, 0.2) is 24.3 Å². The van der Waals surface area contributed by atoms with Crippen LogP contribution >= 0.6 is 34.9 Å². The monoisotopic (exact) mass is 264 g/mol. The average molecular weight is 264 g/mol. The molecule has 0 saturated carbocycles. The van der Waals surface area contributed by atoms with Crippen LogP contribution in [0.2, 0.25) is 0 Å². The van der Waals surface area contributed by atoms with Crippen molar-refractivity contribution in [3.05, 3.63) is 38.5 Å². The average Bonchev–Trinajstić information content (AvgIpc) is 2.65. The highest BCUT2D eigenvalue weighted by atomic mass is 32.1. The minimum atomic E-state index is 0.566. The van der Waals surface area contributed by atoms with Crippen LogP contribution in [-0.4, -0.2) is 4.40 Å². The molecule has 0 fully saturated rings. The summed E-state index contributed by atoms with van der Waals surface area (Å²) in [7, 11) is 0. The van der Waals surface area contributed by atoms with Gasteiger partial charge in [-0.3, -0.25) is 9.81 Å². The number of aromatic nitrogens is 1. The Hall–Kier alpha value is -1.04. The van der Waals surface area contributed by atoms with Crippen molar-refractivity contribution in [2.75, 3.05) is 0 Å². The lowest BCUT2D eigenvalue weighted by atomic mass is 10.3. The minimum Gasteiger partial charge on any atom is -0.290 e. The van der Waals surface area contributed by atoms with E-state index >= 15 is 0 Å². The molecule has 3 rings (SSSR count). The van der Waals surface area contributed by atoms with Crippen molar-refractivity contribution in [2.24, 2.45) is 0 Å². The van der Waals surface area contributed by atoms with Crippen molar-refractivity contribution < 1.29 is 0 Å². The summed E-state index contributed by atoms with van der Waals surface area (Å²) < 4.78 is 4.61. The fourth-order valence-corrected chi connectivity index (χ4v) is 4.20. The summed E-state index contributed by atoms with van der Waals surface area (Å²) in [5, 5.41) is 7.86. The minimum absolute atomic E-state index is 0.566. The Balaban J connectivity index is 2.76. The summed E-state index contributed by atoms with van der Waals surface area (Å²) >= 11 is 8.41. The first-order valence-electron chi connectivity index (χ1n) is 4.77. The summed E-state index contributed by atoms with van der Waals surface area (Å²) in [4.78, 5) is 1.09. The summed E-state index contributed by atoms with van der Waals surface area (Å²) in [6.07, 6.45) is 0. The van der Waals surface area contributed by atoms with Crippen molar-refractivity contribution in [1.29, 1.82) is 5.41 Å². The number of fused-ring (bicyclic) bond motifs is 3. The number of nitrogens with one attached hydrogen (secondary N) is 1. The van der Waals surface area contributed by atoms with Crippen molar-refractivity contribution in [1.82, 2.24) is 4.40 Å². The second-order valence-electron chi connectivity index (χ2n) is 3.53. The predicted molar refractivity (Wildman–Crippen MR) is 72.1 cm³/mol. The molecule has 80 valence electrons. The third-order valence-corrected chi connectivity index (χ3v) is 5.10. The lowest BCUT2D eigenvalue weighted by Gasteiger charge is -1.98. The zero-order valence-electron chi connectivity index (χ0n) is 8.48. The van der Waals surface area contributed by atoms with Gasteiger partial charge in [-0.05, 0) is 31.3 Å². The molecule has 16 heavy (non-hydrogen) atoms. The SMILES string of the molecule is Cc1c(=N)sc(=S)n2c1sc1ccccc12. The van der Waals surface area contributed by atoms with Crippen LogP contribution in [0.3, 0.4) is 0 Å². The molecule has 0 bridgehead atoms. The van der Waals surface area contributed by atoms with Gasteiger partial charge in [0.05, 0.1) is 10.2 Å². The van der Waals surface area contributed by atoms with Crippen LogP contribution in [-0.2, 0) is 0 Å². The fourth-order valence-electron chi connectivity index (χ4n) is 1.72. The Labute approximate surface area is 105 Å². The lowest BCUT2D eigenvalue weighted by molar-refractivity contribution is 1.21. The van der Waals surface area contributed by atoms with Crippen LogP contribution in [0.25, 0.3) is 15.0 Å². The molecule has 0 spiro atoms. The second-order valence-corrected chi connectivity index (χ2v) is 6.21. The summed E-state index contributed by atoms with van der Waals surface area (Å²) in [6.45, 7) is 1.98. The highest BCUT2D eigenvalue weighted by Gasteiger charge is 2.08.